The topological polar surface area (TPSA) is 104 Å². The fourth-order valence-corrected chi connectivity index (χ4v) is 8.68. The Labute approximate surface area is 266 Å². The maximum atomic E-state index is 13.5. The van der Waals surface area contributed by atoms with Gasteiger partial charge in [-0.15, -0.1) is 11.3 Å². The van der Waals surface area contributed by atoms with Crippen molar-refractivity contribution in [1.82, 2.24) is 19.5 Å². The van der Waals surface area contributed by atoms with Crippen molar-refractivity contribution in [2.75, 3.05) is 23.3 Å². The highest BCUT2D eigenvalue weighted by Gasteiger charge is 2.31. The molecule has 1 atom stereocenters. The van der Waals surface area contributed by atoms with Crippen LogP contribution in [0.3, 0.4) is 0 Å². The molecule has 230 valence electrons. The van der Waals surface area contributed by atoms with Gasteiger partial charge in [-0.1, -0.05) is 69.0 Å². The highest BCUT2D eigenvalue weighted by molar-refractivity contribution is 7.82. The van der Waals surface area contributed by atoms with Gasteiger partial charge >= 0.3 is 0 Å². The van der Waals surface area contributed by atoms with E-state index in [1.54, 1.807) is 24.3 Å². The van der Waals surface area contributed by atoms with Gasteiger partial charge in [-0.3, -0.25) is 9.35 Å². The molecule has 0 spiro atoms. The van der Waals surface area contributed by atoms with Crippen LogP contribution in [-0.2, 0) is 24.2 Å². The summed E-state index contributed by atoms with van der Waals surface area (Å²) in [6.45, 7) is 11.4. The van der Waals surface area contributed by atoms with Gasteiger partial charge in [0.2, 0.25) is 5.95 Å². The lowest BCUT2D eigenvalue weighted by Gasteiger charge is -2.19. The number of hydrogen-bond acceptors (Lipinski definition) is 7. The van der Waals surface area contributed by atoms with Crippen molar-refractivity contribution in [1.29, 1.82) is 0 Å². The van der Waals surface area contributed by atoms with Gasteiger partial charge in [0, 0.05) is 31.6 Å². The Morgan fingerprint density at radius 2 is 1.70 bits per heavy atom. The molecule has 5 rings (SSSR count). The van der Waals surface area contributed by atoms with Gasteiger partial charge in [-0.2, -0.15) is 9.29 Å². The lowest BCUT2D eigenvalue weighted by Crippen LogP contribution is -2.35. The molecule has 12 heteroatoms. The molecule has 0 saturated heterocycles. The number of benzene rings is 2. The van der Waals surface area contributed by atoms with Crippen molar-refractivity contribution < 1.29 is 13.6 Å². The van der Waals surface area contributed by atoms with Crippen LogP contribution in [0.4, 0.5) is 10.9 Å². The number of thiophene rings is 1. The molecule has 0 aliphatic rings. The van der Waals surface area contributed by atoms with Crippen LogP contribution in [0.5, 0.6) is 0 Å². The Bertz CT molecular complexity index is 1830. The number of carbonyl (C=O) groups excluding carboxylic acids is 1. The third-order valence-electron chi connectivity index (χ3n) is 7.31. The molecule has 1 unspecified atom stereocenters. The average Bonchev–Trinajstić information content (AvgIpc) is 3.57. The van der Waals surface area contributed by atoms with Crippen molar-refractivity contribution in [2.24, 2.45) is 0 Å². The first kappa shape index (κ1) is 31.7. The maximum Gasteiger partial charge on any atom is 0.272 e. The van der Waals surface area contributed by atoms with Crippen LogP contribution in [0.2, 0.25) is 19.6 Å². The van der Waals surface area contributed by atoms with Crippen LogP contribution in [0.15, 0.2) is 60.7 Å². The van der Waals surface area contributed by atoms with Crippen LogP contribution in [0.25, 0.3) is 22.3 Å². The Morgan fingerprint density at radius 3 is 2.30 bits per heavy atom. The molecule has 0 aliphatic carbocycles. The quantitative estimate of drug-likeness (QED) is 0.141. The number of rotatable bonds is 10. The van der Waals surface area contributed by atoms with Gasteiger partial charge in [0.25, 0.3) is 17.2 Å². The van der Waals surface area contributed by atoms with Crippen molar-refractivity contribution in [2.45, 2.75) is 52.9 Å². The minimum atomic E-state index is -2.55. The van der Waals surface area contributed by atoms with Gasteiger partial charge in [-0.25, -0.2) is 14.2 Å². The number of aryl methyl sites for hydroxylation is 2. The summed E-state index contributed by atoms with van der Waals surface area (Å²) in [7, 11) is 2.05. The predicted octanol–water partition coefficient (Wildman–Crippen LogP) is 6.26. The van der Waals surface area contributed by atoms with E-state index >= 15 is 0 Å². The zero-order valence-electron chi connectivity index (χ0n) is 26.2. The molecule has 3 aromatic heterocycles. The van der Waals surface area contributed by atoms with Crippen molar-refractivity contribution in [3.63, 3.8) is 0 Å². The number of imidazole rings is 1. The van der Waals surface area contributed by atoms with Gasteiger partial charge in [0.1, 0.15) is 16.3 Å². The monoisotopic (exact) mass is 646 g/mol. The number of carbonyl (C=O) groups is 1. The second-order valence-corrected chi connectivity index (χ2v) is 19.3. The van der Waals surface area contributed by atoms with Crippen LogP contribution in [-0.4, -0.2) is 56.4 Å². The fourth-order valence-electron chi connectivity index (χ4n) is 4.96. The molecule has 9 nitrogen and oxygen atoms in total. The normalized spacial score (nSPS) is 12.5. The summed E-state index contributed by atoms with van der Waals surface area (Å²) in [6.07, 6.45) is 1.78. The van der Waals surface area contributed by atoms with Gasteiger partial charge in [0.05, 0.1) is 20.3 Å². The summed E-state index contributed by atoms with van der Waals surface area (Å²) < 4.78 is 27.4. The first-order valence-corrected chi connectivity index (χ1v) is 19.9. The van der Waals surface area contributed by atoms with E-state index in [2.05, 4.69) is 54.3 Å². The standard InChI is InChI=1S/C32H38N6O3S2Si/c1-8-12-26-34-28-21(2)33-32(36(3)4)35-29(28)37(26)20-22-15-17-23(18-16-22)25-19-27(44(5,6)7)42-31(25)38(43(40)41)30(39)24-13-10-9-11-14-24/h9-11,13-19H,8,12,20H2,1-7H3,(H,40,41). The smallest absolute Gasteiger partial charge is 0.272 e. The maximum absolute atomic E-state index is 13.5. The van der Waals surface area contributed by atoms with Gasteiger partial charge in [0.15, 0.2) is 5.65 Å². The lowest BCUT2D eigenvalue weighted by atomic mass is 10.1. The van der Waals surface area contributed by atoms with E-state index in [-0.39, 0.29) is 0 Å². The second-order valence-electron chi connectivity index (χ2n) is 12.0. The number of aromatic nitrogens is 4. The Hall–Kier alpha value is -3.71. The van der Waals surface area contributed by atoms with Crippen molar-refractivity contribution in [3.8, 4) is 11.1 Å². The summed E-state index contributed by atoms with van der Waals surface area (Å²) in [5.41, 5.74) is 5.54. The fraction of sp³-hybridized carbons (Fsp3) is 0.312. The summed E-state index contributed by atoms with van der Waals surface area (Å²) in [5, 5.41) is 0.471. The van der Waals surface area contributed by atoms with E-state index in [0.717, 1.165) is 61.0 Å². The van der Waals surface area contributed by atoms with Crippen molar-refractivity contribution in [3.05, 3.63) is 83.3 Å². The molecule has 1 amide bonds. The highest BCUT2D eigenvalue weighted by Crippen LogP contribution is 2.38. The summed E-state index contributed by atoms with van der Waals surface area (Å²) in [6, 6.07) is 18.9. The number of nitrogens with zero attached hydrogens (tertiary/aromatic N) is 6. The molecule has 0 bridgehead atoms. The molecular weight excluding hydrogens is 609 g/mol. The third kappa shape index (κ3) is 6.39. The van der Waals surface area contributed by atoms with E-state index in [1.165, 1.54) is 11.3 Å². The van der Waals surface area contributed by atoms with Crippen molar-refractivity contribution >= 4 is 63.2 Å². The Morgan fingerprint density at radius 1 is 1.02 bits per heavy atom. The number of fused-ring (bicyclic) bond motifs is 1. The Balaban J connectivity index is 1.56. The van der Waals surface area contributed by atoms with Crippen LogP contribution in [0, 0.1) is 6.92 Å². The summed E-state index contributed by atoms with van der Waals surface area (Å²) in [4.78, 5) is 29.8. The molecule has 0 saturated carbocycles. The molecule has 0 fully saturated rings. The Kier molecular flexibility index (Phi) is 9.17. The van der Waals surface area contributed by atoms with E-state index in [1.807, 2.05) is 44.1 Å². The van der Waals surface area contributed by atoms with Crippen LogP contribution >= 0.6 is 11.3 Å². The van der Waals surface area contributed by atoms with E-state index in [4.69, 9.17) is 9.97 Å². The second kappa shape index (κ2) is 12.7. The molecule has 1 N–H and O–H groups in total. The zero-order chi connectivity index (χ0) is 31.8. The number of anilines is 2. The SMILES string of the molecule is CCCc1nc2c(C)nc(N(C)C)nc2n1Cc1ccc(-c2cc([Si](C)(C)C)sc2N(C(=O)c2ccccc2)S(=O)O)cc1. The zero-order valence-corrected chi connectivity index (χ0v) is 28.8. The van der Waals surface area contributed by atoms with E-state index in [9.17, 15) is 13.6 Å². The first-order chi connectivity index (χ1) is 20.9. The summed E-state index contributed by atoms with van der Waals surface area (Å²) in [5.74, 6) is 1.10. The van der Waals surface area contributed by atoms with E-state index < -0.39 is 25.2 Å². The van der Waals surface area contributed by atoms with Crippen LogP contribution in [0.1, 0.15) is 40.8 Å². The van der Waals surface area contributed by atoms with Gasteiger partial charge in [-0.05, 0) is 47.2 Å². The lowest BCUT2D eigenvalue weighted by molar-refractivity contribution is 0.101. The third-order valence-corrected chi connectivity index (χ3v) is 12.8. The first-order valence-electron chi connectivity index (χ1n) is 14.5. The van der Waals surface area contributed by atoms with E-state index in [0.29, 0.717) is 23.1 Å². The number of hydrogen-bond donors (Lipinski definition) is 1. The molecule has 44 heavy (non-hydrogen) atoms. The highest BCUT2D eigenvalue weighted by atomic mass is 32.2. The minimum Gasteiger partial charge on any atom is -0.347 e. The summed E-state index contributed by atoms with van der Waals surface area (Å²) >= 11 is -1.12. The molecular formula is C32H38N6O3S2Si. The number of amides is 1. The van der Waals surface area contributed by atoms with Gasteiger partial charge < -0.3 is 9.47 Å². The molecule has 0 aliphatic heterocycles. The minimum absolute atomic E-state index is 0.353. The van der Waals surface area contributed by atoms with Crippen LogP contribution < -0.4 is 13.7 Å². The largest absolute Gasteiger partial charge is 0.347 e. The molecule has 2 aromatic carbocycles. The molecule has 3 heterocycles. The predicted molar refractivity (Wildman–Crippen MR) is 184 cm³/mol. The molecule has 5 aromatic rings. The molecule has 0 radical (unpaired) electrons. The average molecular weight is 647 g/mol.